The van der Waals surface area contributed by atoms with Crippen LogP contribution in [0.1, 0.15) is 53.9 Å². The van der Waals surface area contributed by atoms with Crippen molar-refractivity contribution < 1.29 is 26.4 Å². The molecule has 2 rings (SSSR count). The van der Waals surface area contributed by atoms with Crippen molar-refractivity contribution in [3.8, 4) is 0 Å². The summed E-state index contributed by atoms with van der Waals surface area (Å²) in [5.41, 5.74) is -0.828. The molecule has 2 saturated carbocycles. The fourth-order valence-corrected chi connectivity index (χ4v) is 5.14. The highest BCUT2D eigenvalue weighted by Crippen LogP contribution is 2.47. The average Bonchev–Trinajstić information content (AvgIpc) is 3.16. The van der Waals surface area contributed by atoms with Gasteiger partial charge in [0.15, 0.2) is 0 Å². The van der Waals surface area contributed by atoms with Crippen LogP contribution < -0.4 is 9.44 Å². The molecule has 2 aliphatic carbocycles. The molecular weight excluding hydrogens is 344 g/mol. The van der Waals surface area contributed by atoms with E-state index in [1.54, 1.807) is 27.7 Å². The van der Waals surface area contributed by atoms with Crippen LogP contribution in [-0.2, 0) is 24.8 Å². The molecule has 0 aromatic carbocycles. The van der Waals surface area contributed by atoms with Crippen molar-refractivity contribution in [3.63, 3.8) is 0 Å². The molecule has 23 heavy (non-hydrogen) atoms. The van der Waals surface area contributed by atoms with E-state index in [2.05, 4.69) is 4.72 Å². The third-order valence-electron chi connectivity index (χ3n) is 4.32. The van der Waals surface area contributed by atoms with Crippen molar-refractivity contribution in [2.45, 2.75) is 75.0 Å². The van der Waals surface area contributed by atoms with E-state index in [0.29, 0.717) is 12.8 Å². The number of ether oxygens (including phenoxy) is 1. The van der Waals surface area contributed by atoms with E-state index in [9.17, 15) is 21.6 Å². The second-order valence-corrected chi connectivity index (χ2v) is 12.1. The topological polar surface area (TPSA) is 119 Å². The summed E-state index contributed by atoms with van der Waals surface area (Å²) in [4.78, 5) is 11.7. The van der Waals surface area contributed by atoms with E-state index in [4.69, 9.17) is 4.74 Å². The Labute approximate surface area is 137 Å². The molecule has 0 aromatic heterocycles. The third kappa shape index (κ3) is 3.63. The number of carbonyl (C=O) groups is 1. The Morgan fingerprint density at radius 2 is 1.61 bits per heavy atom. The van der Waals surface area contributed by atoms with Crippen LogP contribution in [0.15, 0.2) is 0 Å². The molecule has 2 atom stereocenters. The fraction of sp³-hybridized carbons (Fsp3) is 0.923. The lowest BCUT2D eigenvalue weighted by Gasteiger charge is -2.21. The highest BCUT2D eigenvalue weighted by Gasteiger charge is 2.64. The molecule has 0 radical (unpaired) electrons. The number of sulfonamides is 2. The number of carbonyl (C=O) groups excluding carboxylic acids is 1. The fourth-order valence-electron chi connectivity index (χ4n) is 2.11. The largest absolute Gasteiger partial charge is 0.443 e. The summed E-state index contributed by atoms with van der Waals surface area (Å²) >= 11 is 0. The van der Waals surface area contributed by atoms with Crippen LogP contribution in [0.5, 0.6) is 0 Å². The average molecular weight is 368 g/mol. The predicted molar refractivity (Wildman–Crippen MR) is 84.8 cm³/mol. The first-order valence-corrected chi connectivity index (χ1v) is 10.4. The van der Waals surface area contributed by atoms with Crippen LogP contribution in [0, 0.1) is 0 Å². The first kappa shape index (κ1) is 18.5. The molecule has 134 valence electrons. The molecule has 8 nitrogen and oxygen atoms in total. The van der Waals surface area contributed by atoms with Crippen LogP contribution in [-0.4, -0.2) is 44.1 Å². The smallest absolute Gasteiger partial charge is 0.421 e. The quantitative estimate of drug-likeness (QED) is 0.742. The van der Waals surface area contributed by atoms with Crippen molar-refractivity contribution in [1.29, 1.82) is 0 Å². The lowest BCUT2D eigenvalue weighted by atomic mass is 10.2. The lowest BCUT2D eigenvalue weighted by molar-refractivity contribution is 0.0569. The molecule has 2 unspecified atom stereocenters. The van der Waals surface area contributed by atoms with Gasteiger partial charge in [-0.2, -0.15) is 0 Å². The van der Waals surface area contributed by atoms with Gasteiger partial charge in [0.2, 0.25) is 20.0 Å². The number of hydrogen-bond acceptors (Lipinski definition) is 6. The Morgan fingerprint density at radius 1 is 1.09 bits per heavy atom. The van der Waals surface area contributed by atoms with E-state index >= 15 is 0 Å². The van der Waals surface area contributed by atoms with E-state index in [0.717, 1.165) is 0 Å². The second-order valence-electron chi connectivity index (χ2n) is 7.75. The van der Waals surface area contributed by atoms with Crippen LogP contribution in [0.2, 0.25) is 0 Å². The van der Waals surface area contributed by atoms with Crippen LogP contribution in [0.4, 0.5) is 4.79 Å². The predicted octanol–water partition coefficient (Wildman–Crippen LogP) is 0.844. The Balaban J connectivity index is 2.03. The minimum absolute atomic E-state index is 0.112. The van der Waals surface area contributed by atoms with Gasteiger partial charge in [-0.15, -0.1) is 0 Å². The molecule has 1 amide bonds. The Bertz CT molecular complexity index is 718. The molecule has 0 bridgehead atoms. The van der Waals surface area contributed by atoms with Crippen molar-refractivity contribution in [2.24, 2.45) is 0 Å². The molecular formula is C13H24N2O6S2. The van der Waals surface area contributed by atoms with Gasteiger partial charge in [0.05, 0.1) is 4.75 Å². The first-order chi connectivity index (χ1) is 10.1. The summed E-state index contributed by atoms with van der Waals surface area (Å²) in [6.07, 6.45) is 0.172. The Kier molecular flexibility index (Phi) is 4.06. The number of rotatable bonds is 5. The van der Waals surface area contributed by atoms with Crippen LogP contribution in [0.25, 0.3) is 0 Å². The summed E-state index contributed by atoms with van der Waals surface area (Å²) in [5, 5.41) is 0. The molecule has 0 aliphatic heterocycles. The minimum atomic E-state index is -4.06. The molecule has 2 N–H and O–H groups in total. The summed E-state index contributed by atoms with van der Waals surface area (Å²) in [5.74, 6) is 0. The minimum Gasteiger partial charge on any atom is -0.443 e. The zero-order valence-electron chi connectivity index (χ0n) is 14.0. The SMILES string of the molecule is CC(C)(C)OC(=O)NS(=O)(=O)C1(C)CC1NS(=O)(=O)C1(C)CC1. The van der Waals surface area contributed by atoms with Gasteiger partial charge in [-0.05, 0) is 53.9 Å². The molecule has 0 spiro atoms. The Morgan fingerprint density at radius 3 is 2.04 bits per heavy atom. The van der Waals surface area contributed by atoms with E-state index in [1.807, 2.05) is 4.72 Å². The summed E-state index contributed by atoms with van der Waals surface area (Å²) < 4.78 is 56.1. The van der Waals surface area contributed by atoms with Gasteiger partial charge in [-0.1, -0.05) is 0 Å². The van der Waals surface area contributed by atoms with Gasteiger partial charge in [0, 0.05) is 6.04 Å². The van der Waals surface area contributed by atoms with Crippen LogP contribution >= 0.6 is 0 Å². The number of hydrogen-bond donors (Lipinski definition) is 2. The first-order valence-electron chi connectivity index (χ1n) is 7.39. The van der Waals surface area contributed by atoms with Gasteiger partial charge in [-0.3, -0.25) is 0 Å². The summed E-state index contributed by atoms with van der Waals surface area (Å²) in [6, 6.07) is -0.745. The molecule has 0 heterocycles. The van der Waals surface area contributed by atoms with Crippen molar-refractivity contribution >= 4 is 26.1 Å². The van der Waals surface area contributed by atoms with Crippen molar-refractivity contribution in [2.75, 3.05) is 0 Å². The van der Waals surface area contributed by atoms with Gasteiger partial charge < -0.3 is 4.74 Å². The Hall–Kier alpha value is -0.870. The standard InChI is InChI=1S/C13H24N2O6S2/c1-11(2,3)21-10(16)15-23(19,20)13(5)8-9(13)14-22(17,18)12(4)6-7-12/h9,14H,6-8H2,1-5H3,(H,15,16). The van der Waals surface area contributed by atoms with E-state index in [1.165, 1.54) is 6.92 Å². The van der Waals surface area contributed by atoms with Gasteiger partial charge in [0.25, 0.3) is 0 Å². The maximum atomic E-state index is 12.3. The molecule has 2 fully saturated rings. The monoisotopic (exact) mass is 368 g/mol. The third-order valence-corrected chi connectivity index (χ3v) is 8.73. The highest BCUT2D eigenvalue weighted by atomic mass is 32.2. The van der Waals surface area contributed by atoms with Crippen LogP contribution in [0.3, 0.4) is 0 Å². The molecule has 10 heteroatoms. The molecule has 0 saturated heterocycles. The maximum Gasteiger partial charge on any atom is 0.421 e. The van der Waals surface area contributed by atoms with Gasteiger partial charge in [0.1, 0.15) is 10.3 Å². The number of amides is 1. The molecule has 2 aliphatic rings. The highest BCUT2D eigenvalue weighted by molar-refractivity contribution is 7.92. The number of nitrogens with one attached hydrogen (secondary N) is 2. The maximum absolute atomic E-state index is 12.3. The lowest BCUT2D eigenvalue weighted by Crippen LogP contribution is -2.46. The zero-order chi connectivity index (χ0) is 17.9. The van der Waals surface area contributed by atoms with E-state index < -0.39 is 47.3 Å². The normalized spacial score (nSPS) is 29.7. The summed E-state index contributed by atoms with van der Waals surface area (Å²) in [7, 11) is -7.63. The van der Waals surface area contributed by atoms with Crippen molar-refractivity contribution in [3.05, 3.63) is 0 Å². The second kappa shape index (κ2) is 5.06. The zero-order valence-corrected chi connectivity index (χ0v) is 15.6. The van der Waals surface area contributed by atoms with E-state index in [-0.39, 0.29) is 6.42 Å². The van der Waals surface area contributed by atoms with Gasteiger partial charge >= 0.3 is 6.09 Å². The molecule has 0 aromatic rings. The van der Waals surface area contributed by atoms with Crippen molar-refractivity contribution in [1.82, 2.24) is 9.44 Å². The van der Waals surface area contributed by atoms with Gasteiger partial charge in [-0.25, -0.2) is 31.1 Å². The summed E-state index contributed by atoms with van der Waals surface area (Å²) in [6.45, 7) is 7.88.